The second-order valence-corrected chi connectivity index (χ2v) is 6.18. The Balaban J connectivity index is 2.22. The summed E-state index contributed by atoms with van der Waals surface area (Å²) in [6.07, 6.45) is 4.24. The Bertz CT molecular complexity index is 1190. The maximum absolute atomic E-state index is 12.4. The first kappa shape index (κ1) is 20.5. The molecule has 8 nitrogen and oxygen atoms in total. The van der Waals surface area contributed by atoms with E-state index >= 15 is 0 Å². The van der Waals surface area contributed by atoms with Gasteiger partial charge in [0.25, 0.3) is 5.69 Å². The van der Waals surface area contributed by atoms with Crippen LogP contribution in [0.15, 0.2) is 54.6 Å². The highest BCUT2D eigenvalue weighted by Gasteiger charge is 2.22. The molecule has 0 saturated carbocycles. The summed E-state index contributed by atoms with van der Waals surface area (Å²) in [5, 5.41) is 12.0. The van der Waals surface area contributed by atoms with Crippen molar-refractivity contribution < 1.29 is 24.0 Å². The van der Waals surface area contributed by atoms with E-state index in [4.69, 9.17) is 4.74 Å². The Morgan fingerprint density at radius 2 is 1.70 bits per heavy atom. The standard InChI is InChI=1S/C22H18N2O6/c1-29-20(25)13-16(22(26)30-2)21-15-8-4-5-9-17(15)23-18(21)12-11-14-7-3-6-10-19(14)24(27)28/h3-13,23H,1-2H3/b12-11?,16-13-. The second kappa shape index (κ2) is 8.87. The molecule has 1 aromatic heterocycles. The fraction of sp³-hybridized carbons (Fsp3) is 0.0909. The van der Waals surface area contributed by atoms with Crippen LogP contribution < -0.4 is 0 Å². The minimum atomic E-state index is -0.717. The van der Waals surface area contributed by atoms with Crippen LogP contribution >= 0.6 is 0 Å². The predicted molar refractivity (Wildman–Crippen MR) is 112 cm³/mol. The van der Waals surface area contributed by atoms with Gasteiger partial charge in [0.15, 0.2) is 0 Å². The molecule has 3 rings (SSSR count). The summed E-state index contributed by atoms with van der Waals surface area (Å²) in [7, 11) is 2.42. The van der Waals surface area contributed by atoms with E-state index in [1.54, 1.807) is 42.5 Å². The molecule has 0 bridgehead atoms. The number of esters is 2. The highest BCUT2D eigenvalue weighted by Crippen LogP contribution is 2.32. The van der Waals surface area contributed by atoms with Crippen LogP contribution in [0.3, 0.4) is 0 Å². The molecule has 0 amide bonds. The average molecular weight is 406 g/mol. The van der Waals surface area contributed by atoms with Crippen molar-refractivity contribution in [1.29, 1.82) is 0 Å². The van der Waals surface area contributed by atoms with Crippen LogP contribution in [-0.2, 0) is 19.1 Å². The van der Waals surface area contributed by atoms with E-state index < -0.39 is 16.9 Å². The smallest absolute Gasteiger partial charge is 0.338 e. The molecule has 0 atom stereocenters. The number of hydrogen-bond acceptors (Lipinski definition) is 6. The third-order valence-corrected chi connectivity index (χ3v) is 4.44. The number of nitrogens with zero attached hydrogens (tertiary/aromatic N) is 1. The number of hydrogen-bond donors (Lipinski definition) is 1. The minimum Gasteiger partial charge on any atom is -0.466 e. The Morgan fingerprint density at radius 1 is 1.00 bits per heavy atom. The summed E-state index contributed by atoms with van der Waals surface area (Å²) in [5.41, 5.74) is 1.97. The summed E-state index contributed by atoms with van der Waals surface area (Å²) in [4.78, 5) is 38.3. The van der Waals surface area contributed by atoms with Crippen LogP contribution in [0, 0.1) is 10.1 Å². The number of nitrogens with one attached hydrogen (secondary N) is 1. The van der Waals surface area contributed by atoms with Crippen molar-refractivity contribution in [2.24, 2.45) is 0 Å². The number of ether oxygens (including phenoxy) is 2. The molecule has 1 heterocycles. The lowest BCUT2D eigenvalue weighted by Gasteiger charge is -2.06. The number of carbonyl (C=O) groups is 2. The van der Waals surface area contributed by atoms with Gasteiger partial charge >= 0.3 is 11.9 Å². The van der Waals surface area contributed by atoms with Crippen LogP contribution in [-0.4, -0.2) is 36.1 Å². The molecule has 3 aromatic rings. The predicted octanol–water partition coefficient (Wildman–Crippen LogP) is 3.98. The lowest BCUT2D eigenvalue weighted by atomic mass is 10.0. The van der Waals surface area contributed by atoms with Crippen molar-refractivity contribution in [2.75, 3.05) is 14.2 Å². The second-order valence-electron chi connectivity index (χ2n) is 6.18. The third kappa shape index (κ3) is 4.12. The fourth-order valence-electron chi connectivity index (χ4n) is 3.07. The summed E-state index contributed by atoms with van der Waals surface area (Å²) in [5.74, 6) is -1.43. The first-order valence-corrected chi connectivity index (χ1v) is 8.86. The molecule has 0 aliphatic heterocycles. The Hall–Kier alpha value is -4.20. The molecule has 0 aliphatic rings. The van der Waals surface area contributed by atoms with Gasteiger partial charge in [-0.05, 0) is 24.3 Å². The SMILES string of the molecule is COC(=O)/C=C(\C(=O)OC)c1c(C=Cc2ccccc2[N+](=O)[O-])[nH]c2ccccc12. The van der Waals surface area contributed by atoms with Gasteiger partial charge in [0.2, 0.25) is 0 Å². The molecular formula is C22H18N2O6. The van der Waals surface area contributed by atoms with Crippen LogP contribution in [0.1, 0.15) is 16.8 Å². The number of fused-ring (bicyclic) bond motifs is 1. The number of carbonyl (C=O) groups excluding carboxylic acids is 2. The molecule has 0 saturated heterocycles. The van der Waals surface area contributed by atoms with E-state index in [-0.39, 0.29) is 11.3 Å². The van der Waals surface area contributed by atoms with Crippen molar-refractivity contribution in [3.05, 3.63) is 81.5 Å². The summed E-state index contributed by atoms with van der Waals surface area (Å²) in [6, 6.07) is 13.5. The van der Waals surface area contributed by atoms with Crippen molar-refractivity contribution in [1.82, 2.24) is 4.98 Å². The third-order valence-electron chi connectivity index (χ3n) is 4.44. The van der Waals surface area contributed by atoms with E-state index in [2.05, 4.69) is 9.72 Å². The van der Waals surface area contributed by atoms with Crippen LogP contribution in [0.25, 0.3) is 28.6 Å². The van der Waals surface area contributed by atoms with E-state index in [0.29, 0.717) is 22.2 Å². The maximum atomic E-state index is 12.4. The summed E-state index contributed by atoms with van der Waals surface area (Å²) >= 11 is 0. The van der Waals surface area contributed by atoms with Gasteiger partial charge in [-0.1, -0.05) is 30.3 Å². The van der Waals surface area contributed by atoms with Crippen molar-refractivity contribution in [3.8, 4) is 0 Å². The highest BCUT2D eigenvalue weighted by molar-refractivity contribution is 6.24. The number of nitro groups is 1. The van der Waals surface area contributed by atoms with Gasteiger partial charge in [0.05, 0.1) is 30.3 Å². The van der Waals surface area contributed by atoms with Crippen molar-refractivity contribution in [2.45, 2.75) is 0 Å². The molecule has 0 aliphatic carbocycles. The number of benzene rings is 2. The number of para-hydroxylation sites is 2. The summed E-state index contributed by atoms with van der Waals surface area (Å²) in [6.45, 7) is 0. The average Bonchev–Trinajstić information content (AvgIpc) is 3.13. The van der Waals surface area contributed by atoms with Gasteiger partial charge in [-0.3, -0.25) is 10.1 Å². The number of nitro benzene ring substituents is 1. The Morgan fingerprint density at radius 3 is 2.40 bits per heavy atom. The maximum Gasteiger partial charge on any atom is 0.338 e. The van der Waals surface area contributed by atoms with Crippen LogP contribution in [0.5, 0.6) is 0 Å². The van der Waals surface area contributed by atoms with Gasteiger partial charge in [-0.25, -0.2) is 9.59 Å². The van der Waals surface area contributed by atoms with Crippen LogP contribution in [0.2, 0.25) is 0 Å². The summed E-state index contributed by atoms with van der Waals surface area (Å²) < 4.78 is 9.53. The zero-order chi connectivity index (χ0) is 21.7. The lowest BCUT2D eigenvalue weighted by molar-refractivity contribution is -0.385. The van der Waals surface area contributed by atoms with Gasteiger partial charge in [0, 0.05) is 34.3 Å². The molecule has 0 radical (unpaired) electrons. The number of aromatic amines is 1. The molecule has 152 valence electrons. The van der Waals surface area contributed by atoms with E-state index in [1.807, 2.05) is 12.1 Å². The zero-order valence-corrected chi connectivity index (χ0v) is 16.2. The van der Waals surface area contributed by atoms with Gasteiger partial charge in [0.1, 0.15) is 0 Å². The fourth-order valence-corrected chi connectivity index (χ4v) is 3.07. The number of aromatic nitrogens is 1. The van der Waals surface area contributed by atoms with Crippen molar-refractivity contribution >= 4 is 46.3 Å². The Labute approximate surface area is 171 Å². The topological polar surface area (TPSA) is 112 Å². The minimum absolute atomic E-state index is 0.00371. The Kier molecular flexibility index (Phi) is 6.07. The molecular weight excluding hydrogens is 388 g/mol. The van der Waals surface area contributed by atoms with E-state index in [0.717, 1.165) is 11.6 Å². The highest BCUT2D eigenvalue weighted by atomic mass is 16.6. The molecule has 0 fully saturated rings. The quantitative estimate of drug-likeness (QED) is 0.287. The molecule has 2 aromatic carbocycles. The molecule has 0 unspecified atom stereocenters. The number of methoxy groups -OCH3 is 2. The largest absolute Gasteiger partial charge is 0.466 e. The lowest BCUT2D eigenvalue weighted by Crippen LogP contribution is -2.08. The zero-order valence-electron chi connectivity index (χ0n) is 16.2. The monoisotopic (exact) mass is 406 g/mol. The molecule has 1 N–H and O–H groups in total. The number of H-pyrrole nitrogens is 1. The van der Waals surface area contributed by atoms with Crippen LogP contribution in [0.4, 0.5) is 5.69 Å². The molecule has 8 heteroatoms. The van der Waals surface area contributed by atoms with Gasteiger partial charge in [-0.2, -0.15) is 0 Å². The molecule has 30 heavy (non-hydrogen) atoms. The number of rotatable bonds is 6. The first-order valence-electron chi connectivity index (χ1n) is 8.86. The van der Waals surface area contributed by atoms with E-state index in [1.165, 1.54) is 20.3 Å². The normalized spacial score (nSPS) is 11.6. The first-order chi connectivity index (χ1) is 14.5. The van der Waals surface area contributed by atoms with E-state index in [9.17, 15) is 19.7 Å². The van der Waals surface area contributed by atoms with Gasteiger partial charge < -0.3 is 14.5 Å². The van der Waals surface area contributed by atoms with Gasteiger partial charge in [-0.15, -0.1) is 0 Å². The molecule has 0 spiro atoms. The van der Waals surface area contributed by atoms with Crippen molar-refractivity contribution in [3.63, 3.8) is 0 Å².